The van der Waals surface area contributed by atoms with E-state index < -0.39 is 17.9 Å². The van der Waals surface area contributed by atoms with Crippen molar-refractivity contribution in [3.8, 4) is 10.6 Å². The highest BCUT2D eigenvalue weighted by Gasteiger charge is 2.34. The number of alkyl halides is 3. The number of carbonyl (C=O) groups is 1. The first-order chi connectivity index (χ1) is 11.2. The van der Waals surface area contributed by atoms with E-state index in [-0.39, 0.29) is 27.9 Å². The van der Waals surface area contributed by atoms with Gasteiger partial charge in [-0.2, -0.15) is 13.2 Å². The molecule has 2 rings (SSSR count). The van der Waals surface area contributed by atoms with Crippen LogP contribution < -0.4 is 16.1 Å². The molecule has 126 valence electrons. The minimum Gasteiger partial charge on any atom is -0.335 e. The van der Waals surface area contributed by atoms with Gasteiger partial charge in [0.15, 0.2) is 5.69 Å². The maximum Gasteiger partial charge on any atom is 0.434 e. The van der Waals surface area contributed by atoms with E-state index in [1.165, 1.54) is 12.3 Å². The highest BCUT2D eigenvalue weighted by Crippen LogP contribution is 2.33. The monoisotopic (exact) mass is 354 g/mol. The Morgan fingerprint density at radius 2 is 2.17 bits per heavy atom. The van der Waals surface area contributed by atoms with Gasteiger partial charge in [0.2, 0.25) is 0 Å². The zero-order chi connectivity index (χ0) is 17.9. The van der Waals surface area contributed by atoms with Crippen LogP contribution >= 0.6 is 11.3 Å². The minimum absolute atomic E-state index is 0.0217. The number of urea groups is 1. The molecular weight excluding hydrogens is 340 g/mol. The Morgan fingerprint density at radius 3 is 2.75 bits per heavy atom. The number of hydrogen-bond acceptors (Lipinski definition) is 4. The van der Waals surface area contributed by atoms with Gasteiger partial charge in [0.1, 0.15) is 18.7 Å². The van der Waals surface area contributed by atoms with Crippen molar-refractivity contribution in [3.63, 3.8) is 0 Å². The fourth-order valence-electron chi connectivity index (χ4n) is 1.73. The molecule has 2 aromatic rings. The summed E-state index contributed by atoms with van der Waals surface area (Å²) < 4.78 is 38.0. The van der Waals surface area contributed by atoms with E-state index in [2.05, 4.69) is 20.6 Å². The van der Waals surface area contributed by atoms with E-state index >= 15 is 0 Å². The lowest BCUT2D eigenvalue weighted by Crippen LogP contribution is -2.35. The van der Waals surface area contributed by atoms with Gasteiger partial charge in [-0.25, -0.2) is 14.8 Å². The first kappa shape index (κ1) is 18.2. The molecule has 10 heteroatoms. The molecule has 0 aliphatic rings. The van der Waals surface area contributed by atoms with E-state index in [9.17, 15) is 18.0 Å². The van der Waals surface area contributed by atoms with Crippen LogP contribution in [0, 0.1) is 0 Å². The molecular formula is C14H14BF3N4OS. The van der Waals surface area contributed by atoms with Crippen LogP contribution in [0.1, 0.15) is 26.0 Å². The molecule has 1 atom stereocenters. The fraction of sp³-hybridized carbons (Fsp3) is 0.357. The lowest BCUT2D eigenvalue weighted by molar-refractivity contribution is -0.140. The quantitative estimate of drug-likeness (QED) is 0.830. The predicted octanol–water partition coefficient (Wildman–Crippen LogP) is 2.94. The van der Waals surface area contributed by atoms with Crippen molar-refractivity contribution in [3.05, 3.63) is 23.3 Å². The van der Waals surface area contributed by atoms with Gasteiger partial charge in [0.25, 0.3) is 0 Å². The molecule has 5 nitrogen and oxygen atoms in total. The summed E-state index contributed by atoms with van der Waals surface area (Å²) in [4.78, 5) is 19.3. The molecule has 2 heterocycles. The van der Waals surface area contributed by atoms with E-state index in [1.807, 2.05) is 13.8 Å². The van der Waals surface area contributed by atoms with Gasteiger partial charge in [0.05, 0.1) is 0 Å². The number of halogens is 3. The zero-order valence-corrected chi connectivity index (χ0v) is 13.8. The van der Waals surface area contributed by atoms with Gasteiger partial charge in [-0.1, -0.05) is 12.4 Å². The largest absolute Gasteiger partial charge is 0.434 e. The van der Waals surface area contributed by atoms with Crippen LogP contribution in [0.25, 0.3) is 10.6 Å². The van der Waals surface area contributed by atoms with Crippen molar-refractivity contribution in [2.45, 2.75) is 32.5 Å². The van der Waals surface area contributed by atoms with Crippen molar-refractivity contribution in [1.82, 2.24) is 15.3 Å². The first-order valence-electron chi connectivity index (χ1n) is 7.06. The molecule has 0 saturated heterocycles. The lowest BCUT2D eigenvalue weighted by atomic mass is 9.93. The molecule has 0 aliphatic carbocycles. The molecule has 0 spiro atoms. The number of carbonyl (C=O) groups excluding carboxylic acids is 1. The van der Waals surface area contributed by atoms with Crippen LogP contribution in [0.4, 0.5) is 23.8 Å². The molecule has 2 radical (unpaired) electrons. The summed E-state index contributed by atoms with van der Waals surface area (Å²) in [5.41, 5.74) is -0.530. The average Bonchev–Trinajstić information content (AvgIpc) is 2.98. The summed E-state index contributed by atoms with van der Waals surface area (Å²) in [6.45, 7) is 3.76. The topological polar surface area (TPSA) is 66.9 Å². The zero-order valence-electron chi connectivity index (χ0n) is 12.9. The third kappa shape index (κ3) is 4.47. The van der Waals surface area contributed by atoms with Gasteiger partial charge >= 0.3 is 12.2 Å². The second-order valence-corrected chi connectivity index (χ2v) is 5.96. The summed E-state index contributed by atoms with van der Waals surface area (Å²) in [7, 11) is 5.77. The summed E-state index contributed by atoms with van der Waals surface area (Å²) in [6.07, 6.45) is -2.50. The number of nitrogens with one attached hydrogen (secondary N) is 2. The van der Waals surface area contributed by atoms with Crippen molar-refractivity contribution in [2.24, 2.45) is 0 Å². The Balaban J connectivity index is 2.23. The summed E-state index contributed by atoms with van der Waals surface area (Å²) in [5.74, 6) is 0.170. The lowest BCUT2D eigenvalue weighted by Gasteiger charge is -2.13. The maximum atomic E-state index is 12.7. The number of anilines is 1. The van der Waals surface area contributed by atoms with Crippen LogP contribution in [0.2, 0.25) is 0 Å². The molecule has 2 amide bonds. The van der Waals surface area contributed by atoms with Gasteiger partial charge in [-0.3, -0.25) is 5.32 Å². The number of amides is 2. The third-order valence-corrected chi connectivity index (χ3v) is 4.07. The Hall–Kier alpha value is -2.10. The number of thiazole rings is 1. The van der Waals surface area contributed by atoms with Crippen molar-refractivity contribution in [2.75, 3.05) is 5.32 Å². The SMILES string of the molecule is [B]c1cnc(NC(=O)NC(C)CC)cc1-c1nc(C(F)(F)F)cs1. The molecule has 2 aromatic heterocycles. The summed E-state index contributed by atoms with van der Waals surface area (Å²) in [5, 5.41) is 6.23. The van der Waals surface area contributed by atoms with Gasteiger partial charge in [-0.15, -0.1) is 11.3 Å². The molecule has 0 aliphatic heterocycles. The maximum absolute atomic E-state index is 12.7. The van der Waals surface area contributed by atoms with Crippen LogP contribution in [-0.2, 0) is 6.18 Å². The van der Waals surface area contributed by atoms with Gasteiger partial charge in [0, 0.05) is 23.2 Å². The normalized spacial score (nSPS) is 12.7. The number of hydrogen-bond donors (Lipinski definition) is 2. The molecule has 0 fully saturated rings. The average molecular weight is 354 g/mol. The molecule has 24 heavy (non-hydrogen) atoms. The highest BCUT2D eigenvalue weighted by atomic mass is 32.1. The van der Waals surface area contributed by atoms with Crippen molar-refractivity contribution >= 4 is 36.5 Å². The Morgan fingerprint density at radius 1 is 1.46 bits per heavy atom. The van der Waals surface area contributed by atoms with Gasteiger partial charge in [-0.05, 0) is 19.4 Å². The molecule has 1 unspecified atom stereocenters. The highest BCUT2D eigenvalue weighted by molar-refractivity contribution is 7.13. The smallest absolute Gasteiger partial charge is 0.335 e. The molecule has 0 saturated carbocycles. The number of pyridine rings is 1. The van der Waals surface area contributed by atoms with E-state index in [0.29, 0.717) is 0 Å². The van der Waals surface area contributed by atoms with Crippen LogP contribution in [0.15, 0.2) is 17.6 Å². The fourth-order valence-corrected chi connectivity index (χ4v) is 2.59. The van der Waals surface area contributed by atoms with E-state index in [4.69, 9.17) is 7.85 Å². The second kappa shape index (κ2) is 7.21. The third-order valence-electron chi connectivity index (χ3n) is 3.19. The van der Waals surface area contributed by atoms with Crippen molar-refractivity contribution in [1.29, 1.82) is 0 Å². The first-order valence-corrected chi connectivity index (χ1v) is 7.94. The standard InChI is InChI=1S/C14H14BF3N4OS/c1-3-7(2)20-13(23)22-11-4-8(9(15)5-19-11)12-21-10(6-24-12)14(16,17)18/h4-7H,3H2,1-2H3,(H2,19,20,22,23). The van der Waals surface area contributed by atoms with E-state index in [0.717, 1.165) is 23.1 Å². The number of rotatable bonds is 4. The van der Waals surface area contributed by atoms with Crippen LogP contribution in [0.5, 0.6) is 0 Å². The second-order valence-electron chi connectivity index (χ2n) is 5.10. The molecule has 0 bridgehead atoms. The van der Waals surface area contributed by atoms with Gasteiger partial charge < -0.3 is 5.32 Å². The Kier molecular flexibility index (Phi) is 5.48. The molecule has 0 aromatic carbocycles. The van der Waals surface area contributed by atoms with Crippen LogP contribution in [-0.4, -0.2) is 29.9 Å². The Bertz CT molecular complexity index is 735. The minimum atomic E-state index is -4.52. The summed E-state index contributed by atoms with van der Waals surface area (Å²) in [6, 6.07) is 0.916. The molecule has 2 N–H and O–H groups in total. The Labute approximate surface area is 142 Å². The predicted molar refractivity (Wildman–Crippen MR) is 87.6 cm³/mol. The van der Waals surface area contributed by atoms with Crippen molar-refractivity contribution < 1.29 is 18.0 Å². The van der Waals surface area contributed by atoms with E-state index in [1.54, 1.807) is 0 Å². The number of nitrogens with zero attached hydrogens (tertiary/aromatic N) is 2. The number of aromatic nitrogens is 2. The van der Waals surface area contributed by atoms with Crippen LogP contribution in [0.3, 0.4) is 0 Å². The summed E-state index contributed by atoms with van der Waals surface area (Å²) >= 11 is 0.818.